The average molecular weight is 248 g/mol. The molecule has 1 aliphatic rings. The predicted molar refractivity (Wildman–Crippen MR) is 66.7 cm³/mol. The summed E-state index contributed by atoms with van der Waals surface area (Å²) in [5.41, 5.74) is 1.64. The van der Waals surface area contributed by atoms with E-state index in [9.17, 15) is 9.59 Å². The van der Waals surface area contributed by atoms with Gasteiger partial charge in [0.1, 0.15) is 0 Å². The highest BCUT2D eigenvalue weighted by atomic mass is 16.4. The second-order valence-electron chi connectivity index (χ2n) is 4.38. The van der Waals surface area contributed by atoms with E-state index >= 15 is 0 Å². The number of nitrogens with zero attached hydrogens (tertiary/aromatic N) is 2. The molecule has 1 fully saturated rings. The number of benzene rings is 1. The first-order valence-corrected chi connectivity index (χ1v) is 5.92. The van der Waals surface area contributed by atoms with Gasteiger partial charge in [0, 0.05) is 31.7 Å². The lowest BCUT2D eigenvalue weighted by Gasteiger charge is -2.33. The SMILES string of the molecule is Cc1ccccc1C(=O)N1CCN(C(=O)O)CC1. The van der Waals surface area contributed by atoms with Gasteiger partial charge in [-0.3, -0.25) is 4.79 Å². The van der Waals surface area contributed by atoms with Crippen molar-refractivity contribution in [3.8, 4) is 0 Å². The van der Waals surface area contributed by atoms with E-state index in [0.29, 0.717) is 31.7 Å². The van der Waals surface area contributed by atoms with Crippen LogP contribution in [0.3, 0.4) is 0 Å². The van der Waals surface area contributed by atoms with Crippen LogP contribution in [-0.4, -0.2) is 53.1 Å². The van der Waals surface area contributed by atoms with Crippen LogP contribution in [0.1, 0.15) is 15.9 Å². The largest absolute Gasteiger partial charge is 0.465 e. The second kappa shape index (κ2) is 5.08. The van der Waals surface area contributed by atoms with Crippen molar-refractivity contribution in [2.24, 2.45) is 0 Å². The molecule has 0 aliphatic carbocycles. The summed E-state index contributed by atoms with van der Waals surface area (Å²) < 4.78 is 0. The van der Waals surface area contributed by atoms with Gasteiger partial charge in [0.25, 0.3) is 5.91 Å². The third kappa shape index (κ3) is 2.45. The molecule has 0 radical (unpaired) electrons. The lowest BCUT2D eigenvalue weighted by atomic mass is 10.1. The summed E-state index contributed by atoms with van der Waals surface area (Å²) in [7, 11) is 0. The van der Waals surface area contributed by atoms with E-state index in [0.717, 1.165) is 5.56 Å². The molecule has 0 aromatic heterocycles. The molecule has 1 aromatic rings. The fourth-order valence-electron chi connectivity index (χ4n) is 2.08. The molecule has 0 atom stereocenters. The summed E-state index contributed by atoms with van der Waals surface area (Å²) >= 11 is 0. The van der Waals surface area contributed by atoms with E-state index in [2.05, 4.69) is 0 Å². The monoisotopic (exact) mass is 248 g/mol. The van der Waals surface area contributed by atoms with Gasteiger partial charge in [-0.2, -0.15) is 0 Å². The van der Waals surface area contributed by atoms with Gasteiger partial charge in [0.2, 0.25) is 0 Å². The fraction of sp³-hybridized carbons (Fsp3) is 0.385. The van der Waals surface area contributed by atoms with E-state index in [4.69, 9.17) is 5.11 Å². The van der Waals surface area contributed by atoms with Crippen molar-refractivity contribution in [2.45, 2.75) is 6.92 Å². The molecule has 2 amide bonds. The zero-order valence-electron chi connectivity index (χ0n) is 10.3. The summed E-state index contributed by atoms with van der Waals surface area (Å²) in [6.07, 6.45) is -0.919. The van der Waals surface area contributed by atoms with Crippen LogP contribution in [0.15, 0.2) is 24.3 Å². The Kier molecular flexibility index (Phi) is 3.50. The third-order valence-corrected chi connectivity index (χ3v) is 3.21. The highest BCUT2D eigenvalue weighted by Gasteiger charge is 2.24. The Labute approximate surface area is 106 Å². The zero-order chi connectivity index (χ0) is 13.1. The fourth-order valence-corrected chi connectivity index (χ4v) is 2.08. The van der Waals surface area contributed by atoms with Gasteiger partial charge in [0.15, 0.2) is 0 Å². The van der Waals surface area contributed by atoms with Crippen LogP contribution in [0.2, 0.25) is 0 Å². The Morgan fingerprint density at radius 1 is 1.06 bits per heavy atom. The van der Waals surface area contributed by atoms with Gasteiger partial charge in [-0.1, -0.05) is 18.2 Å². The maximum atomic E-state index is 12.3. The molecule has 1 aliphatic heterocycles. The number of hydrogen-bond donors (Lipinski definition) is 1. The molecular weight excluding hydrogens is 232 g/mol. The molecule has 96 valence electrons. The van der Waals surface area contributed by atoms with E-state index in [-0.39, 0.29) is 5.91 Å². The molecule has 1 saturated heterocycles. The lowest BCUT2D eigenvalue weighted by Crippen LogP contribution is -2.50. The van der Waals surface area contributed by atoms with Crippen LogP contribution < -0.4 is 0 Å². The molecule has 0 unspecified atom stereocenters. The number of carboxylic acid groups (broad SMARTS) is 1. The van der Waals surface area contributed by atoms with Gasteiger partial charge in [-0.15, -0.1) is 0 Å². The summed E-state index contributed by atoms with van der Waals surface area (Å²) in [6.45, 7) is 3.58. The first-order chi connectivity index (χ1) is 8.59. The second-order valence-corrected chi connectivity index (χ2v) is 4.38. The molecule has 0 bridgehead atoms. The van der Waals surface area contributed by atoms with Gasteiger partial charge in [0.05, 0.1) is 0 Å². The van der Waals surface area contributed by atoms with Crippen LogP contribution in [0.5, 0.6) is 0 Å². The zero-order valence-corrected chi connectivity index (χ0v) is 10.3. The molecule has 0 spiro atoms. The van der Waals surface area contributed by atoms with Crippen molar-refractivity contribution < 1.29 is 14.7 Å². The van der Waals surface area contributed by atoms with Crippen molar-refractivity contribution >= 4 is 12.0 Å². The molecule has 1 heterocycles. The standard InChI is InChI=1S/C13H16N2O3/c1-10-4-2-3-5-11(10)12(16)14-6-8-15(9-7-14)13(17)18/h2-5H,6-9H2,1H3,(H,17,18). The van der Waals surface area contributed by atoms with Gasteiger partial charge in [-0.05, 0) is 18.6 Å². The maximum Gasteiger partial charge on any atom is 0.407 e. The molecule has 18 heavy (non-hydrogen) atoms. The predicted octanol–water partition coefficient (Wildman–Crippen LogP) is 1.43. The number of aryl methyl sites for hydroxylation is 1. The number of carbonyl (C=O) groups excluding carboxylic acids is 1. The highest BCUT2D eigenvalue weighted by molar-refractivity contribution is 5.95. The minimum atomic E-state index is -0.919. The summed E-state index contributed by atoms with van der Waals surface area (Å²) in [6, 6.07) is 7.45. The number of amides is 2. The number of hydrogen-bond acceptors (Lipinski definition) is 2. The van der Waals surface area contributed by atoms with E-state index < -0.39 is 6.09 Å². The van der Waals surface area contributed by atoms with Gasteiger partial charge >= 0.3 is 6.09 Å². The first-order valence-electron chi connectivity index (χ1n) is 5.92. The minimum Gasteiger partial charge on any atom is -0.465 e. The number of piperazine rings is 1. The Morgan fingerprint density at radius 3 is 2.17 bits per heavy atom. The Morgan fingerprint density at radius 2 is 1.61 bits per heavy atom. The lowest BCUT2D eigenvalue weighted by molar-refractivity contribution is 0.0624. The highest BCUT2D eigenvalue weighted by Crippen LogP contribution is 2.12. The molecule has 0 saturated carbocycles. The van der Waals surface area contributed by atoms with Crippen LogP contribution in [0.4, 0.5) is 4.79 Å². The van der Waals surface area contributed by atoms with Crippen molar-refractivity contribution in [1.29, 1.82) is 0 Å². The van der Waals surface area contributed by atoms with E-state index in [1.165, 1.54) is 4.90 Å². The van der Waals surface area contributed by atoms with Crippen LogP contribution in [0, 0.1) is 6.92 Å². The maximum absolute atomic E-state index is 12.3. The summed E-state index contributed by atoms with van der Waals surface area (Å²) in [5.74, 6) is -0.0156. The number of carbonyl (C=O) groups is 2. The Balaban J connectivity index is 2.04. The quantitative estimate of drug-likeness (QED) is 0.817. The van der Waals surface area contributed by atoms with Gasteiger partial charge < -0.3 is 14.9 Å². The molecule has 5 heteroatoms. The van der Waals surface area contributed by atoms with Crippen molar-refractivity contribution in [3.05, 3.63) is 35.4 Å². The molecule has 5 nitrogen and oxygen atoms in total. The third-order valence-electron chi connectivity index (χ3n) is 3.21. The van der Waals surface area contributed by atoms with Crippen molar-refractivity contribution in [2.75, 3.05) is 26.2 Å². The summed E-state index contributed by atoms with van der Waals surface area (Å²) in [5, 5.41) is 8.85. The van der Waals surface area contributed by atoms with E-state index in [1.54, 1.807) is 11.0 Å². The van der Waals surface area contributed by atoms with Crippen molar-refractivity contribution in [3.63, 3.8) is 0 Å². The first kappa shape index (κ1) is 12.4. The Bertz CT molecular complexity index is 465. The normalized spacial score (nSPS) is 15.6. The topological polar surface area (TPSA) is 60.9 Å². The minimum absolute atomic E-state index is 0.0156. The smallest absolute Gasteiger partial charge is 0.407 e. The van der Waals surface area contributed by atoms with E-state index in [1.807, 2.05) is 25.1 Å². The average Bonchev–Trinajstić information content (AvgIpc) is 2.38. The van der Waals surface area contributed by atoms with Crippen LogP contribution in [0.25, 0.3) is 0 Å². The molecule has 2 rings (SSSR count). The van der Waals surface area contributed by atoms with Crippen LogP contribution >= 0.6 is 0 Å². The van der Waals surface area contributed by atoms with Crippen LogP contribution in [-0.2, 0) is 0 Å². The molecule has 1 N–H and O–H groups in total. The Hall–Kier alpha value is -2.04. The van der Waals surface area contributed by atoms with Gasteiger partial charge in [-0.25, -0.2) is 4.79 Å². The van der Waals surface area contributed by atoms with Crippen molar-refractivity contribution in [1.82, 2.24) is 9.80 Å². The summed E-state index contributed by atoms with van der Waals surface area (Å²) in [4.78, 5) is 26.1. The number of rotatable bonds is 1. The molecular formula is C13H16N2O3. The molecule has 1 aromatic carbocycles.